The Balaban J connectivity index is 3.17. The van der Waals surface area contributed by atoms with Crippen molar-refractivity contribution in [1.82, 2.24) is 9.62 Å². The molecule has 6 heteroatoms. The summed E-state index contributed by atoms with van der Waals surface area (Å²) in [6, 6.07) is 1.55. The van der Waals surface area contributed by atoms with Gasteiger partial charge in [-0.2, -0.15) is 4.31 Å². The quantitative estimate of drug-likeness (QED) is 0.835. The van der Waals surface area contributed by atoms with E-state index < -0.39 is 10.0 Å². The van der Waals surface area contributed by atoms with Gasteiger partial charge in [0.25, 0.3) is 0 Å². The van der Waals surface area contributed by atoms with Crippen molar-refractivity contribution in [2.75, 3.05) is 13.6 Å². The minimum absolute atomic E-state index is 0.0630. The number of hydrogen-bond acceptors (Lipinski definition) is 4. The summed E-state index contributed by atoms with van der Waals surface area (Å²) in [7, 11) is -1.68. The van der Waals surface area contributed by atoms with Crippen LogP contribution in [0.2, 0.25) is 0 Å². The number of furan rings is 1. The summed E-state index contributed by atoms with van der Waals surface area (Å²) in [5.41, 5.74) is 0. The van der Waals surface area contributed by atoms with Crippen LogP contribution in [-0.4, -0.2) is 32.4 Å². The molecule has 0 spiro atoms. The maximum Gasteiger partial charge on any atom is 0.246 e. The van der Waals surface area contributed by atoms with Gasteiger partial charge in [0.05, 0.1) is 6.54 Å². The smallest absolute Gasteiger partial charge is 0.246 e. The molecule has 0 atom stereocenters. The third kappa shape index (κ3) is 3.58. The van der Waals surface area contributed by atoms with Gasteiger partial charge in [-0.15, -0.1) is 0 Å². The molecule has 0 radical (unpaired) electrons. The molecule has 0 saturated heterocycles. The molecule has 0 unspecified atom stereocenters. The molecular formula is C13H24N2O3S. The van der Waals surface area contributed by atoms with Gasteiger partial charge < -0.3 is 9.73 Å². The van der Waals surface area contributed by atoms with Crippen molar-refractivity contribution in [3.63, 3.8) is 0 Å². The maximum absolute atomic E-state index is 12.6. The van der Waals surface area contributed by atoms with E-state index in [1.54, 1.807) is 20.0 Å². The Kier molecular flexibility index (Phi) is 5.58. The minimum Gasteiger partial charge on any atom is -0.464 e. The standard InChI is InChI=1S/C13H24N2O3S/c1-6-7-15(10(2)3)19(16,17)13-8-12(9-14-5)18-11(13)4/h8,10,14H,6-7,9H2,1-5H3. The first kappa shape index (κ1) is 16.2. The average molecular weight is 288 g/mol. The molecular weight excluding hydrogens is 264 g/mol. The van der Waals surface area contributed by atoms with E-state index in [2.05, 4.69) is 5.32 Å². The van der Waals surface area contributed by atoms with Gasteiger partial charge in [-0.25, -0.2) is 8.42 Å². The zero-order valence-electron chi connectivity index (χ0n) is 12.4. The lowest BCUT2D eigenvalue weighted by Gasteiger charge is -2.24. The summed E-state index contributed by atoms with van der Waals surface area (Å²) in [6.07, 6.45) is 0.789. The molecule has 0 aliphatic carbocycles. The molecule has 0 saturated carbocycles. The first-order valence-electron chi connectivity index (χ1n) is 6.60. The summed E-state index contributed by atoms with van der Waals surface area (Å²) in [4.78, 5) is 0.278. The van der Waals surface area contributed by atoms with E-state index in [-0.39, 0.29) is 10.9 Å². The van der Waals surface area contributed by atoms with Crippen molar-refractivity contribution < 1.29 is 12.8 Å². The molecule has 5 nitrogen and oxygen atoms in total. The Morgan fingerprint density at radius 3 is 2.53 bits per heavy atom. The number of rotatable bonds is 7. The van der Waals surface area contributed by atoms with Crippen LogP contribution in [0.1, 0.15) is 38.7 Å². The molecule has 19 heavy (non-hydrogen) atoms. The van der Waals surface area contributed by atoms with Gasteiger partial charge >= 0.3 is 0 Å². The van der Waals surface area contributed by atoms with E-state index in [1.165, 1.54) is 4.31 Å². The van der Waals surface area contributed by atoms with E-state index in [4.69, 9.17) is 4.42 Å². The van der Waals surface area contributed by atoms with Gasteiger partial charge in [-0.3, -0.25) is 0 Å². The van der Waals surface area contributed by atoms with E-state index in [0.29, 0.717) is 24.6 Å². The van der Waals surface area contributed by atoms with Crippen LogP contribution in [0.3, 0.4) is 0 Å². The number of nitrogens with zero attached hydrogens (tertiary/aromatic N) is 1. The van der Waals surface area contributed by atoms with Gasteiger partial charge in [-0.1, -0.05) is 6.92 Å². The number of hydrogen-bond donors (Lipinski definition) is 1. The Morgan fingerprint density at radius 1 is 1.42 bits per heavy atom. The number of aryl methyl sites for hydroxylation is 1. The lowest BCUT2D eigenvalue weighted by atomic mass is 10.4. The van der Waals surface area contributed by atoms with Gasteiger partial charge in [0.2, 0.25) is 10.0 Å². The molecule has 1 aromatic rings. The highest BCUT2D eigenvalue weighted by molar-refractivity contribution is 7.89. The zero-order chi connectivity index (χ0) is 14.6. The first-order valence-corrected chi connectivity index (χ1v) is 8.04. The molecule has 0 bridgehead atoms. The van der Waals surface area contributed by atoms with E-state index in [1.807, 2.05) is 20.8 Å². The Morgan fingerprint density at radius 2 is 2.05 bits per heavy atom. The van der Waals surface area contributed by atoms with Gasteiger partial charge in [0.15, 0.2) is 0 Å². The van der Waals surface area contributed by atoms with Crippen LogP contribution in [0, 0.1) is 6.92 Å². The Labute approximate surface area is 116 Å². The molecule has 0 aliphatic heterocycles. The highest BCUT2D eigenvalue weighted by atomic mass is 32.2. The molecule has 0 aromatic carbocycles. The predicted octanol–water partition coefficient (Wildman–Crippen LogP) is 2.12. The average Bonchev–Trinajstić information content (AvgIpc) is 2.67. The minimum atomic E-state index is -3.48. The van der Waals surface area contributed by atoms with E-state index >= 15 is 0 Å². The summed E-state index contributed by atoms with van der Waals surface area (Å²) in [5.74, 6) is 1.09. The lowest BCUT2D eigenvalue weighted by molar-refractivity contribution is 0.353. The van der Waals surface area contributed by atoms with Crippen LogP contribution in [-0.2, 0) is 16.6 Å². The molecule has 1 aromatic heterocycles. The van der Waals surface area contributed by atoms with Crippen molar-refractivity contribution in [3.05, 3.63) is 17.6 Å². The Hall–Kier alpha value is -0.850. The Bertz CT molecular complexity index is 506. The zero-order valence-corrected chi connectivity index (χ0v) is 13.2. The van der Waals surface area contributed by atoms with E-state index in [0.717, 1.165) is 6.42 Å². The largest absolute Gasteiger partial charge is 0.464 e. The third-order valence-electron chi connectivity index (χ3n) is 2.88. The summed E-state index contributed by atoms with van der Waals surface area (Å²) >= 11 is 0. The van der Waals surface area contributed by atoms with Crippen molar-refractivity contribution in [2.45, 2.75) is 51.6 Å². The molecule has 1 N–H and O–H groups in total. The second-order valence-electron chi connectivity index (χ2n) is 4.87. The highest BCUT2D eigenvalue weighted by Crippen LogP contribution is 2.25. The van der Waals surface area contributed by atoms with Crippen LogP contribution >= 0.6 is 0 Å². The normalized spacial score (nSPS) is 12.6. The third-order valence-corrected chi connectivity index (χ3v) is 5.06. The molecule has 1 rings (SSSR count). The van der Waals surface area contributed by atoms with Crippen molar-refractivity contribution in [1.29, 1.82) is 0 Å². The maximum atomic E-state index is 12.6. The van der Waals surface area contributed by atoms with Crippen LogP contribution in [0.5, 0.6) is 0 Å². The molecule has 0 aliphatic rings. The second kappa shape index (κ2) is 6.54. The molecule has 0 amide bonds. The fraction of sp³-hybridized carbons (Fsp3) is 0.692. The number of sulfonamides is 1. The topological polar surface area (TPSA) is 62.6 Å². The van der Waals surface area contributed by atoms with Crippen molar-refractivity contribution in [2.24, 2.45) is 0 Å². The summed E-state index contributed by atoms with van der Waals surface area (Å²) < 4.78 is 32.3. The number of nitrogens with one attached hydrogen (secondary N) is 1. The highest BCUT2D eigenvalue weighted by Gasteiger charge is 2.29. The lowest BCUT2D eigenvalue weighted by Crippen LogP contribution is -2.37. The predicted molar refractivity (Wildman–Crippen MR) is 75.5 cm³/mol. The van der Waals surface area contributed by atoms with Gasteiger partial charge in [0, 0.05) is 18.7 Å². The van der Waals surface area contributed by atoms with Crippen LogP contribution < -0.4 is 5.32 Å². The summed E-state index contributed by atoms with van der Waals surface area (Å²) in [5, 5.41) is 2.95. The molecule has 0 fully saturated rings. The fourth-order valence-electron chi connectivity index (χ4n) is 2.04. The van der Waals surface area contributed by atoms with E-state index in [9.17, 15) is 8.42 Å². The summed E-state index contributed by atoms with van der Waals surface area (Å²) in [6.45, 7) is 8.47. The van der Waals surface area contributed by atoms with Crippen molar-refractivity contribution in [3.8, 4) is 0 Å². The van der Waals surface area contributed by atoms with Gasteiger partial charge in [-0.05, 0) is 34.2 Å². The van der Waals surface area contributed by atoms with Crippen LogP contribution in [0.4, 0.5) is 0 Å². The second-order valence-corrected chi connectivity index (χ2v) is 6.73. The van der Waals surface area contributed by atoms with Crippen LogP contribution in [0.25, 0.3) is 0 Å². The fourth-order valence-corrected chi connectivity index (χ4v) is 3.96. The van der Waals surface area contributed by atoms with Crippen molar-refractivity contribution >= 4 is 10.0 Å². The first-order chi connectivity index (χ1) is 8.84. The molecule has 1 heterocycles. The SMILES string of the molecule is CCCN(C(C)C)S(=O)(=O)c1cc(CNC)oc1C. The molecule has 110 valence electrons. The van der Waals surface area contributed by atoms with Gasteiger partial charge in [0.1, 0.15) is 16.4 Å². The van der Waals surface area contributed by atoms with Crippen LogP contribution in [0.15, 0.2) is 15.4 Å². The monoisotopic (exact) mass is 288 g/mol.